The summed E-state index contributed by atoms with van der Waals surface area (Å²) < 4.78 is 104. The van der Waals surface area contributed by atoms with Gasteiger partial charge in [0.25, 0.3) is 11.8 Å². The van der Waals surface area contributed by atoms with E-state index in [4.69, 9.17) is 0 Å². The number of nitrogens with one attached hydrogen (secondary N) is 1. The van der Waals surface area contributed by atoms with Gasteiger partial charge >= 0.3 is 12.4 Å². The second-order valence-electron chi connectivity index (χ2n) is 8.96. The van der Waals surface area contributed by atoms with E-state index in [1.54, 1.807) is 0 Å². The number of carbonyl (C=O) groups is 2. The molecule has 0 bridgehead atoms. The van der Waals surface area contributed by atoms with Crippen molar-refractivity contribution < 1.29 is 44.7 Å². The Kier molecular flexibility index (Phi) is 7.97. The van der Waals surface area contributed by atoms with Crippen LogP contribution in [0.2, 0.25) is 0 Å². The summed E-state index contributed by atoms with van der Waals surface area (Å²) in [6.45, 7) is 1.10. The second kappa shape index (κ2) is 10.3. The van der Waals surface area contributed by atoms with Gasteiger partial charge in [-0.1, -0.05) is 0 Å². The minimum Gasteiger partial charge on any atom is -0.352 e. The number of carbonyl (C=O) groups excluding carboxylic acids is 2. The van der Waals surface area contributed by atoms with Gasteiger partial charge in [-0.3, -0.25) is 14.5 Å². The van der Waals surface area contributed by atoms with Crippen LogP contribution in [-0.2, 0) is 17.1 Å². The van der Waals surface area contributed by atoms with Crippen molar-refractivity contribution in [2.75, 3.05) is 39.3 Å². The largest absolute Gasteiger partial charge is 0.416 e. The predicted molar refractivity (Wildman–Crippen MR) is 109 cm³/mol. The molecule has 0 spiro atoms. The molecule has 2 aliphatic rings. The number of halogens is 8. The number of alkyl halides is 8. The van der Waals surface area contributed by atoms with Gasteiger partial charge in [0.2, 0.25) is 5.91 Å². The number of rotatable bonds is 5. The average Bonchev–Trinajstić information content (AvgIpc) is 2.76. The molecule has 2 aliphatic heterocycles. The third kappa shape index (κ3) is 7.52. The van der Waals surface area contributed by atoms with Gasteiger partial charge in [-0.05, 0) is 50.0 Å². The lowest BCUT2D eigenvalue weighted by atomic mass is 9.96. The molecule has 0 unspecified atom stereocenters. The summed E-state index contributed by atoms with van der Waals surface area (Å²) in [4.78, 5) is 27.9. The van der Waals surface area contributed by atoms with Gasteiger partial charge in [-0.25, -0.2) is 8.78 Å². The van der Waals surface area contributed by atoms with Gasteiger partial charge in [-0.2, -0.15) is 26.3 Å². The SMILES string of the molecule is O=C(NCC1CCN(CC(=O)N2CCC(F)(F)CC2)CC1)c1cc(C(F)(F)F)cc(C(F)(F)F)c1. The van der Waals surface area contributed by atoms with Crippen molar-refractivity contribution in [3.8, 4) is 0 Å². The van der Waals surface area contributed by atoms with Crippen LogP contribution in [0, 0.1) is 5.92 Å². The third-order valence-corrected chi connectivity index (χ3v) is 6.31. The number of likely N-dealkylation sites (tertiary alicyclic amines) is 2. The van der Waals surface area contributed by atoms with Crippen molar-refractivity contribution in [2.24, 2.45) is 5.92 Å². The zero-order valence-electron chi connectivity index (χ0n) is 18.6. The monoisotopic (exact) mass is 515 g/mol. The fourth-order valence-electron chi connectivity index (χ4n) is 4.15. The molecule has 0 atom stereocenters. The molecule has 0 aliphatic carbocycles. The number of hydrogen-bond donors (Lipinski definition) is 1. The molecule has 5 nitrogen and oxygen atoms in total. The van der Waals surface area contributed by atoms with E-state index in [1.165, 1.54) is 4.90 Å². The maximum atomic E-state index is 13.2. The molecular weight excluding hydrogens is 490 g/mol. The number of nitrogens with zero attached hydrogens (tertiary/aromatic N) is 2. The fraction of sp³-hybridized carbons (Fsp3) is 0.636. The van der Waals surface area contributed by atoms with Crippen molar-refractivity contribution in [3.05, 3.63) is 34.9 Å². The zero-order chi connectivity index (χ0) is 26.0. The molecule has 1 N–H and O–H groups in total. The Morgan fingerprint density at radius 1 is 0.886 bits per heavy atom. The lowest BCUT2D eigenvalue weighted by Gasteiger charge is -2.35. The lowest BCUT2D eigenvalue weighted by Crippen LogP contribution is -2.48. The Bertz CT molecular complexity index is 882. The molecule has 196 valence electrons. The molecule has 0 aromatic heterocycles. The molecule has 2 heterocycles. The highest BCUT2D eigenvalue weighted by molar-refractivity contribution is 5.94. The Balaban J connectivity index is 1.49. The first kappa shape index (κ1) is 27.2. The smallest absolute Gasteiger partial charge is 0.352 e. The maximum Gasteiger partial charge on any atom is 0.416 e. The van der Waals surface area contributed by atoms with E-state index < -0.39 is 40.9 Å². The maximum absolute atomic E-state index is 13.2. The van der Waals surface area contributed by atoms with Gasteiger partial charge in [-0.15, -0.1) is 0 Å². The minimum atomic E-state index is -5.05. The van der Waals surface area contributed by atoms with E-state index >= 15 is 0 Å². The van der Waals surface area contributed by atoms with E-state index in [-0.39, 0.29) is 56.9 Å². The molecule has 2 fully saturated rings. The molecule has 2 saturated heterocycles. The first-order valence-electron chi connectivity index (χ1n) is 11.1. The van der Waals surface area contributed by atoms with Gasteiger partial charge in [0, 0.05) is 38.0 Å². The van der Waals surface area contributed by atoms with E-state index in [2.05, 4.69) is 5.32 Å². The first-order valence-corrected chi connectivity index (χ1v) is 11.1. The molecule has 1 aromatic rings. The Morgan fingerprint density at radius 3 is 1.89 bits per heavy atom. The van der Waals surface area contributed by atoms with Gasteiger partial charge in [0.1, 0.15) is 0 Å². The predicted octanol–water partition coefficient (Wildman–Crippen LogP) is 4.42. The summed E-state index contributed by atoms with van der Waals surface area (Å²) in [7, 11) is 0. The van der Waals surface area contributed by atoms with Crippen molar-refractivity contribution >= 4 is 11.8 Å². The van der Waals surface area contributed by atoms with E-state index in [0.29, 0.717) is 38.1 Å². The summed E-state index contributed by atoms with van der Waals surface area (Å²) in [5, 5.41) is 2.40. The third-order valence-electron chi connectivity index (χ3n) is 6.31. The quantitative estimate of drug-likeness (QED) is 0.591. The number of amides is 2. The van der Waals surface area contributed by atoms with Gasteiger partial charge in [0.05, 0.1) is 17.7 Å². The molecule has 1 aromatic carbocycles. The number of benzene rings is 1. The normalized spacial score (nSPS) is 20.1. The summed E-state index contributed by atoms with van der Waals surface area (Å²) in [5.74, 6) is -4.10. The van der Waals surface area contributed by atoms with Crippen molar-refractivity contribution in [2.45, 2.75) is 44.0 Å². The number of hydrogen-bond acceptors (Lipinski definition) is 3. The van der Waals surface area contributed by atoms with Crippen LogP contribution in [-0.4, -0.2) is 66.8 Å². The topological polar surface area (TPSA) is 52.7 Å². The van der Waals surface area contributed by atoms with Crippen molar-refractivity contribution in [1.82, 2.24) is 15.1 Å². The standard InChI is InChI=1S/C22H25F8N3O2/c23-20(24)3-7-33(8-4-20)18(34)13-32-5-1-14(2-6-32)12-31-19(35)15-9-16(21(25,26)27)11-17(10-15)22(28,29)30/h9-11,14H,1-8,12-13H2,(H,31,35). The fourth-order valence-corrected chi connectivity index (χ4v) is 4.15. The highest BCUT2D eigenvalue weighted by Crippen LogP contribution is 2.36. The van der Waals surface area contributed by atoms with Crippen LogP contribution in [0.25, 0.3) is 0 Å². The Labute approximate surface area is 196 Å². The molecule has 0 saturated carbocycles. The van der Waals surface area contributed by atoms with Crippen LogP contribution in [0.1, 0.15) is 47.2 Å². The molecule has 35 heavy (non-hydrogen) atoms. The molecule has 2 amide bonds. The summed E-state index contributed by atoms with van der Waals surface area (Å²) in [6, 6.07) is 0.730. The summed E-state index contributed by atoms with van der Waals surface area (Å²) in [5.41, 5.74) is -3.86. The van der Waals surface area contributed by atoms with E-state index in [9.17, 15) is 44.7 Å². The highest BCUT2D eigenvalue weighted by atomic mass is 19.4. The van der Waals surface area contributed by atoms with Crippen molar-refractivity contribution in [3.63, 3.8) is 0 Å². The Morgan fingerprint density at radius 2 is 1.40 bits per heavy atom. The van der Waals surface area contributed by atoms with Crippen LogP contribution < -0.4 is 5.32 Å². The molecule has 0 radical (unpaired) electrons. The van der Waals surface area contributed by atoms with E-state index in [0.717, 1.165) is 0 Å². The highest BCUT2D eigenvalue weighted by Gasteiger charge is 2.38. The minimum absolute atomic E-state index is 0.0000774. The van der Waals surface area contributed by atoms with Crippen LogP contribution in [0.3, 0.4) is 0 Å². The van der Waals surface area contributed by atoms with Crippen LogP contribution >= 0.6 is 0 Å². The summed E-state index contributed by atoms with van der Waals surface area (Å²) in [6.07, 6.45) is -9.73. The summed E-state index contributed by atoms with van der Waals surface area (Å²) >= 11 is 0. The molecule has 13 heteroatoms. The van der Waals surface area contributed by atoms with Crippen LogP contribution in [0.4, 0.5) is 35.1 Å². The van der Waals surface area contributed by atoms with Gasteiger partial charge in [0.15, 0.2) is 0 Å². The van der Waals surface area contributed by atoms with Gasteiger partial charge < -0.3 is 10.2 Å². The lowest BCUT2D eigenvalue weighted by molar-refractivity contribution is -0.143. The first-order chi connectivity index (χ1) is 16.1. The number of piperidine rings is 2. The van der Waals surface area contributed by atoms with Crippen LogP contribution in [0.5, 0.6) is 0 Å². The molecule has 3 rings (SSSR count). The second-order valence-corrected chi connectivity index (χ2v) is 8.96. The Hall–Kier alpha value is -2.44. The van der Waals surface area contributed by atoms with Crippen LogP contribution in [0.15, 0.2) is 18.2 Å². The van der Waals surface area contributed by atoms with Crippen molar-refractivity contribution in [1.29, 1.82) is 0 Å². The van der Waals surface area contributed by atoms with E-state index in [1.807, 2.05) is 4.90 Å². The molecular formula is C22H25F8N3O2. The zero-order valence-corrected chi connectivity index (χ0v) is 18.6. The average molecular weight is 515 g/mol.